The summed E-state index contributed by atoms with van der Waals surface area (Å²) in [5.41, 5.74) is 0.543. The summed E-state index contributed by atoms with van der Waals surface area (Å²) >= 11 is 3.23. The highest BCUT2D eigenvalue weighted by atomic mass is 79.9. The highest BCUT2D eigenvalue weighted by molar-refractivity contribution is 9.10. The predicted molar refractivity (Wildman–Crippen MR) is 79.3 cm³/mol. The van der Waals surface area contributed by atoms with E-state index in [1.807, 2.05) is 11.9 Å². The first-order valence-corrected chi connectivity index (χ1v) is 7.54. The van der Waals surface area contributed by atoms with Gasteiger partial charge < -0.3 is 10.0 Å². The van der Waals surface area contributed by atoms with Gasteiger partial charge in [0.15, 0.2) is 0 Å². The molecule has 1 aromatic carbocycles. The molecule has 2 rings (SSSR count). The van der Waals surface area contributed by atoms with E-state index in [2.05, 4.69) is 22.9 Å². The second kappa shape index (κ2) is 5.95. The van der Waals surface area contributed by atoms with E-state index in [-0.39, 0.29) is 11.7 Å². The van der Waals surface area contributed by atoms with Crippen LogP contribution in [0.5, 0.6) is 5.75 Å². The van der Waals surface area contributed by atoms with E-state index in [0.29, 0.717) is 22.0 Å². The van der Waals surface area contributed by atoms with Gasteiger partial charge in [0, 0.05) is 18.7 Å². The standard InChI is InChI=1S/C15H20BrNO2/c1-10-4-3-5-12(8-10)17(2)15(19)11-6-7-13(16)14(18)9-11/h6-7,9-10,12,18H,3-5,8H2,1-2H3. The molecule has 1 aliphatic carbocycles. The van der Waals surface area contributed by atoms with E-state index in [0.717, 1.165) is 12.8 Å². The topological polar surface area (TPSA) is 40.5 Å². The van der Waals surface area contributed by atoms with Gasteiger partial charge in [0.2, 0.25) is 0 Å². The average Bonchev–Trinajstić information content (AvgIpc) is 2.40. The predicted octanol–water partition coefficient (Wildman–Crippen LogP) is 3.81. The molecule has 1 N–H and O–H groups in total. The van der Waals surface area contributed by atoms with Crippen LogP contribution in [0.15, 0.2) is 22.7 Å². The first-order chi connectivity index (χ1) is 8.99. The lowest BCUT2D eigenvalue weighted by Gasteiger charge is -2.34. The Labute approximate surface area is 122 Å². The Morgan fingerprint density at radius 1 is 1.42 bits per heavy atom. The molecule has 4 heteroatoms. The fourth-order valence-electron chi connectivity index (χ4n) is 2.77. The highest BCUT2D eigenvalue weighted by Crippen LogP contribution is 2.29. The number of phenolic OH excluding ortho intramolecular Hbond substituents is 1. The summed E-state index contributed by atoms with van der Waals surface area (Å²) in [6, 6.07) is 5.30. The lowest BCUT2D eigenvalue weighted by Crippen LogP contribution is -2.39. The zero-order chi connectivity index (χ0) is 14.0. The highest BCUT2D eigenvalue weighted by Gasteiger charge is 2.26. The number of hydrogen-bond donors (Lipinski definition) is 1. The minimum Gasteiger partial charge on any atom is -0.507 e. The average molecular weight is 326 g/mol. The fourth-order valence-corrected chi connectivity index (χ4v) is 3.02. The zero-order valence-electron chi connectivity index (χ0n) is 11.4. The van der Waals surface area contributed by atoms with Gasteiger partial charge in [-0.15, -0.1) is 0 Å². The van der Waals surface area contributed by atoms with Gasteiger partial charge >= 0.3 is 0 Å². The van der Waals surface area contributed by atoms with Crippen molar-refractivity contribution in [3.63, 3.8) is 0 Å². The molecule has 19 heavy (non-hydrogen) atoms. The van der Waals surface area contributed by atoms with Crippen molar-refractivity contribution in [1.82, 2.24) is 4.90 Å². The van der Waals surface area contributed by atoms with Crippen LogP contribution in [-0.2, 0) is 0 Å². The molecule has 0 spiro atoms. The summed E-state index contributed by atoms with van der Waals surface area (Å²) in [7, 11) is 1.87. The summed E-state index contributed by atoms with van der Waals surface area (Å²) in [6.45, 7) is 2.25. The summed E-state index contributed by atoms with van der Waals surface area (Å²) < 4.78 is 0.609. The van der Waals surface area contributed by atoms with Gasteiger partial charge in [0.25, 0.3) is 5.91 Å². The Morgan fingerprint density at radius 2 is 2.16 bits per heavy atom. The normalized spacial score (nSPS) is 23.1. The minimum absolute atomic E-state index is 0.0121. The molecule has 2 unspecified atom stereocenters. The van der Waals surface area contributed by atoms with Crippen molar-refractivity contribution in [3.8, 4) is 5.75 Å². The lowest BCUT2D eigenvalue weighted by molar-refractivity contribution is 0.0672. The zero-order valence-corrected chi connectivity index (χ0v) is 13.0. The molecular weight excluding hydrogens is 306 g/mol. The molecule has 1 aliphatic rings. The van der Waals surface area contributed by atoms with Crippen molar-refractivity contribution in [2.75, 3.05) is 7.05 Å². The summed E-state index contributed by atoms with van der Waals surface area (Å²) in [6.07, 6.45) is 4.60. The molecule has 0 saturated heterocycles. The van der Waals surface area contributed by atoms with Crippen LogP contribution < -0.4 is 0 Å². The monoisotopic (exact) mass is 325 g/mol. The van der Waals surface area contributed by atoms with Gasteiger partial charge in [0.1, 0.15) is 5.75 Å². The molecule has 1 fully saturated rings. The van der Waals surface area contributed by atoms with Gasteiger partial charge in [-0.3, -0.25) is 4.79 Å². The van der Waals surface area contributed by atoms with Crippen LogP contribution in [0.1, 0.15) is 43.0 Å². The number of nitrogens with zero attached hydrogens (tertiary/aromatic N) is 1. The Hall–Kier alpha value is -1.03. The molecule has 104 valence electrons. The summed E-state index contributed by atoms with van der Waals surface area (Å²) in [5, 5.41) is 9.67. The first kappa shape index (κ1) is 14.4. The SMILES string of the molecule is CC1CCCC(N(C)C(=O)c2ccc(Br)c(O)c2)C1. The number of amides is 1. The molecule has 0 aliphatic heterocycles. The van der Waals surface area contributed by atoms with Crippen LogP contribution in [0.2, 0.25) is 0 Å². The Balaban J connectivity index is 2.11. The number of carbonyl (C=O) groups excluding carboxylic acids is 1. The number of carbonyl (C=O) groups is 1. The Kier molecular flexibility index (Phi) is 4.50. The molecule has 1 aromatic rings. The minimum atomic E-state index is -0.0121. The third-order valence-electron chi connectivity index (χ3n) is 3.97. The molecule has 0 bridgehead atoms. The van der Waals surface area contributed by atoms with Crippen molar-refractivity contribution in [2.45, 2.75) is 38.6 Å². The maximum absolute atomic E-state index is 12.4. The van der Waals surface area contributed by atoms with Crippen molar-refractivity contribution < 1.29 is 9.90 Å². The molecule has 3 nitrogen and oxygen atoms in total. The van der Waals surface area contributed by atoms with E-state index in [4.69, 9.17) is 0 Å². The van der Waals surface area contributed by atoms with Crippen LogP contribution in [0.25, 0.3) is 0 Å². The molecule has 0 radical (unpaired) electrons. The molecular formula is C15H20BrNO2. The Morgan fingerprint density at radius 3 is 2.79 bits per heavy atom. The molecule has 2 atom stereocenters. The van der Waals surface area contributed by atoms with Crippen LogP contribution in [0.4, 0.5) is 0 Å². The summed E-state index contributed by atoms with van der Waals surface area (Å²) in [5.74, 6) is 0.783. The van der Waals surface area contributed by atoms with Gasteiger partial charge in [-0.1, -0.05) is 19.8 Å². The lowest BCUT2D eigenvalue weighted by atomic mass is 9.86. The smallest absolute Gasteiger partial charge is 0.253 e. The van der Waals surface area contributed by atoms with Crippen molar-refractivity contribution in [3.05, 3.63) is 28.2 Å². The number of halogens is 1. The second-order valence-electron chi connectivity index (χ2n) is 5.51. The van der Waals surface area contributed by atoms with Gasteiger partial charge in [-0.2, -0.15) is 0 Å². The third kappa shape index (κ3) is 3.30. The fraction of sp³-hybridized carbons (Fsp3) is 0.533. The van der Waals surface area contributed by atoms with Gasteiger partial charge in [-0.25, -0.2) is 0 Å². The number of aromatic hydroxyl groups is 1. The maximum Gasteiger partial charge on any atom is 0.253 e. The van der Waals surface area contributed by atoms with E-state index >= 15 is 0 Å². The third-order valence-corrected chi connectivity index (χ3v) is 4.64. The van der Waals surface area contributed by atoms with E-state index in [1.54, 1.807) is 12.1 Å². The number of phenols is 1. The summed E-state index contributed by atoms with van der Waals surface area (Å²) in [4.78, 5) is 14.2. The molecule has 1 amide bonds. The maximum atomic E-state index is 12.4. The van der Waals surface area contributed by atoms with Crippen molar-refractivity contribution in [1.29, 1.82) is 0 Å². The number of benzene rings is 1. The van der Waals surface area contributed by atoms with E-state index < -0.39 is 0 Å². The van der Waals surface area contributed by atoms with E-state index in [9.17, 15) is 9.90 Å². The van der Waals surface area contributed by atoms with Crippen molar-refractivity contribution >= 4 is 21.8 Å². The van der Waals surface area contributed by atoms with E-state index in [1.165, 1.54) is 18.9 Å². The first-order valence-electron chi connectivity index (χ1n) is 6.74. The largest absolute Gasteiger partial charge is 0.507 e. The second-order valence-corrected chi connectivity index (χ2v) is 6.36. The molecule has 0 heterocycles. The van der Waals surface area contributed by atoms with Crippen LogP contribution in [0.3, 0.4) is 0 Å². The molecule has 1 saturated carbocycles. The van der Waals surface area contributed by atoms with Crippen LogP contribution in [-0.4, -0.2) is 29.0 Å². The molecule has 0 aromatic heterocycles. The van der Waals surface area contributed by atoms with Crippen molar-refractivity contribution in [2.24, 2.45) is 5.92 Å². The number of hydrogen-bond acceptors (Lipinski definition) is 2. The van der Waals surface area contributed by atoms with Crippen LogP contribution in [0, 0.1) is 5.92 Å². The quantitative estimate of drug-likeness (QED) is 0.898. The van der Waals surface area contributed by atoms with Gasteiger partial charge in [0.05, 0.1) is 4.47 Å². The van der Waals surface area contributed by atoms with Gasteiger partial charge in [-0.05, 0) is 52.9 Å². The van der Waals surface area contributed by atoms with Crippen LogP contribution >= 0.6 is 15.9 Å². The Bertz CT molecular complexity index is 475. The number of rotatable bonds is 2.